The molecule has 2 aliphatic rings. The number of likely N-dealkylation sites (tertiary alicyclic amines) is 1. The Balaban J connectivity index is 0.00000176. The molecule has 0 aromatic carbocycles. The van der Waals surface area contributed by atoms with Crippen molar-refractivity contribution in [1.82, 2.24) is 20.5 Å². The van der Waals surface area contributed by atoms with Gasteiger partial charge in [0.15, 0.2) is 5.96 Å². The molecule has 1 aromatic heterocycles. The van der Waals surface area contributed by atoms with Gasteiger partial charge in [-0.2, -0.15) is 0 Å². The number of rotatable bonds is 4. The molecular weight excluding hydrogens is 409 g/mol. The molecule has 124 valence electrons. The fraction of sp³-hybridized carbons (Fsp3) is 0.733. The van der Waals surface area contributed by atoms with Gasteiger partial charge in [-0.05, 0) is 32.6 Å². The maximum atomic E-state index is 4.37. The Morgan fingerprint density at radius 1 is 1.36 bits per heavy atom. The van der Waals surface area contributed by atoms with Crippen molar-refractivity contribution in [2.24, 2.45) is 4.99 Å². The summed E-state index contributed by atoms with van der Waals surface area (Å²) in [6, 6.07) is 1.45. The van der Waals surface area contributed by atoms with E-state index in [0.717, 1.165) is 23.6 Å². The number of nitrogens with one attached hydrogen (secondary N) is 2. The zero-order chi connectivity index (χ0) is 14.7. The van der Waals surface area contributed by atoms with E-state index in [9.17, 15) is 0 Å². The van der Waals surface area contributed by atoms with Gasteiger partial charge >= 0.3 is 0 Å². The lowest BCUT2D eigenvalue weighted by Gasteiger charge is -2.33. The summed E-state index contributed by atoms with van der Waals surface area (Å²) in [5.41, 5.74) is 0. The van der Waals surface area contributed by atoms with Crippen LogP contribution in [0.2, 0.25) is 0 Å². The van der Waals surface area contributed by atoms with Crippen molar-refractivity contribution in [3.63, 3.8) is 0 Å². The van der Waals surface area contributed by atoms with Gasteiger partial charge in [0.05, 0.1) is 6.54 Å². The van der Waals surface area contributed by atoms with Gasteiger partial charge in [-0.15, -0.1) is 35.3 Å². The molecule has 0 amide bonds. The van der Waals surface area contributed by atoms with Gasteiger partial charge in [0.2, 0.25) is 0 Å². The number of halogens is 1. The van der Waals surface area contributed by atoms with Crippen LogP contribution in [0.3, 0.4) is 0 Å². The number of guanidine groups is 1. The number of hydrogen-bond acceptors (Lipinski definition) is 4. The maximum Gasteiger partial charge on any atom is 0.191 e. The predicted octanol–water partition coefficient (Wildman–Crippen LogP) is 2.36. The Bertz CT molecular complexity index is 492. The summed E-state index contributed by atoms with van der Waals surface area (Å²) >= 11 is 1.73. The summed E-state index contributed by atoms with van der Waals surface area (Å²) in [6.07, 6.45) is 7.18. The molecule has 22 heavy (non-hydrogen) atoms. The van der Waals surface area contributed by atoms with E-state index < -0.39 is 0 Å². The van der Waals surface area contributed by atoms with Gasteiger partial charge in [0.25, 0.3) is 0 Å². The molecule has 5 nitrogen and oxygen atoms in total. The monoisotopic (exact) mass is 435 g/mol. The third-order valence-corrected chi connectivity index (χ3v) is 5.15. The Hall–Kier alpha value is -0.410. The number of thiazole rings is 1. The van der Waals surface area contributed by atoms with Gasteiger partial charge in [-0.3, -0.25) is 4.99 Å². The minimum absolute atomic E-state index is 0. The fourth-order valence-electron chi connectivity index (χ4n) is 2.88. The third-order valence-electron chi connectivity index (χ3n) is 4.23. The molecule has 1 aromatic rings. The van der Waals surface area contributed by atoms with Gasteiger partial charge in [0.1, 0.15) is 5.01 Å². The minimum atomic E-state index is 0. The van der Waals surface area contributed by atoms with Crippen molar-refractivity contribution in [2.75, 3.05) is 20.1 Å². The van der Waals surface area contributed by atoms with E-state index in [4.69, 9.17) is 0 Å². The smallest absolute Gasteiger partial charge is 0.191 e. The van der Waals surface area contributed by atoms with Crippen LogP contribution < -0.4 is 10.6 Å². The zero-order valence-corrected chi connectivity index (χ0v) is 16.5. The third kappa shape index (κ3) is 5.06. The fourth-order valence-corrected chi connectivity index (χ4v) is 3.61. The molecule has 0 atom stereocenters. The first-order valence-corrected chi connectivity index (χ1v) is 8.69. The number of nitrogens with zero attached hydrogens (tertiary/aromatic N) is 3. The maximum absolute atomic E-state index is 4.37. The van der Waals surface area contributed by atoms with Gasteiger partial charge < -0.3 is 15.5 Å². The molecule has 0 radical (unpaired) electrons. The van der Waals surface area contributed by atoms with Gasteiger partial charge in [0, 0.05) is 43.3 Å². The predicted molar refractivity (Wildman–Crippen MR) is 103 cm³/mol. The minimum Gasteiger partial charge on any atom is -0.354 e. The van der Waals surface area contributed by atoms with Crippen molar-refractivity contribution in [1.29, 1.82) is 0 Å². The highest BCUT2D eigenvalue weighted by Gasteiger charge is 2.31. The molecule has 0 spiro atoms. The number of aliphatic imine (C=N–C) groups is 1. The van der Waals surface area contributed by atoms with E-state index in [1.54, 1.807) is 11.3 Å². The standard InChI is InChI=1S/C15H25N5S.HI/c1-11-9-17-14(21-11)10-18-15(16-2)19-12-5-7-20(8-6-12)13-3-4-13;/h9,12-13H,3-8,10H2,1-2H3,(H2,16,18,19);1H. The van der Waals surface area contributed by atoms with E-state index in [0.29, 0.717) is 6.04 Å². The van der Waals surface area contributed by atoms with Gasteiger partial charge in [-0.1, -0.05) is 0 Å². The first-order chi connectivity index (χ1) is 10.2. The van der Waals surface area contributed by atoms with Crippen LogP contribution >= 0.6 is 35.3 Å². The van der Waals surface area contributed by atoms with Crippen LogP contribution in [0.4, 0.5) is 0 Å². The average Bonchev–Trinajstić information content (AvgIpc) is 3.27. The van der Waals surface area contributed by atoms with Crippen LogP contribution in [0.25, 0.3) is 0 Å². The molecule has 3 rings (SSSR count). The average molecular weight is 435 g/mol. The molecular formula is C15H26IN5S. The number of piperidine rings is 1. The van der Waals surface area contributed by atoms with E-state index in [1.165, 1.54) is 43.6 Å². The number of aromatic nitrogens is 1. The molecule has 1 saturated carbocycles. The van der Waals surface area contributed by atoms with Crippen molar-refractivity contribution < 1.29 is 0 Å². The summed E-state index contributed by atoms with van der Waals surface area (Å²) < 4.78 is 0. The zero-order valence-electron chi connectivity index (χ0n) is 13.3. The van der Waals surface area contributed by atoms with Crippen molar-refractivity contribution in [2.45, 2.75) is 51.2 Å². The van der Waals surface area contributed by atoms with E-state index >= 15 is 0 Å². The highest BCUT2D eigenvalue weighted by atomic mass is 127. The van der Waals surface area contributed by atoms with E-state index in [2.05, 4.69) is 32.4 Å². The molecule has 1 aliphatic heterocycles. The lowest BCUT2D eigenvalue weighted by Crippen LogP contribution is -2.48. The lowest BCUT2D eigenvalue weighted by atomic mass is 10.1. The Kier molecular flexibility index (Phi) is 6.88. The van der Waals surface area contributed by atoms with Crippen molar-refractivity contribution in [3.8, 4) is 0 Å². The van der Waals surface area contributed by atoms with Crippen LogP contribution in [0, 0.1) is 6.92 Å². The molecule has 2 fully saturated rings. The quantitative estimate of drug-likeness (QED) is 0.433. The van der Waals surface area contributed by atoms with Crippen LogP contribution in [0.1, 0.15) is 35.6 Å². The van der Waals surface area contributed by atoms with Gasteiger partial charge in [-0.25, -0.2) is 4.98 Å². The highest BCUT2D eigenvalue weighted by molar-refractivity contribution is 14.0. The highest BCUT2D eigenvalue weighted by Crippen LogP contribution is 2.29. The first-order valence-electron chi connectivity index (χ1n) is 7.87. The Morgan fingerprint density at radius 2 is 2.09 bits per heavy atom. The van der Waals surface area contributed by atoms with Crippen LogP contribution in [-0.4, -0.2) is 48.1 Å². The molecule has 0 unspecified atom stereocenters. The van der Waals surface area contributed by atoms with E-state index in [-0.39, 0.29) is 24.0 Å². The SMILES string of the molecule is CN=C(NCc1ncc(C)s1)NC1CCN(C2CC2)CC1.I. The second-order valence-corrected chi connectivity index (χ2v) is 7.30. The Morgan fingerprint density at radius 3 is 2.64 bits per heavy atom. The first kappa shape index (κ1) is 17.9. The van der Waals surface area contributed by atoms with Crippen LogP contribution in [0.5, 0.6) is 0 Å². The molecule has 2 N–H and O–H groups in total. The number of aryl methyl sites for hydroxylation is 1. The van der Waals surface area contributed by atoms with E-state index in [1.807, 2.05) is 13.2 Å². The van der Waals surface area contributed by atoms with Crippen molar-refractivity contribution >= 4 is 41.3 Å². The second-order valence-electron chi connectivity index (χ2n) is 5.98. The van der Waals surface area contributed by atoms with Crippen LogP contribution in [0.15, 0.2) is 11.2 Å². The lowest BCUT2D eigenvalue weighted by molar-refractivity contribution is 0.197. The summed E-state index contributed by atoms with van der Waals surface area (Å²) in [7, 11) is 1.84. The number of hydrogen-bond donors (Lipinski definition) is 2. The summed E-state index contributed by atoms with van der Waals surface area (Å²) in [6.45, 7) is 5.29. The van der Waals surface area contributed by atoms with Crippen molar-refractivity contribution in [3.05, 3.63) is 16.1 Å². The normalized spacial score (nSPS) is 20.5. The summed E-state index contributed by atoms with van der Waals surface area (Å²) in [5, 5.41) is 8.03. The van der Waals surface area contributed by atoms with Crippen LogP contribution in [-0.2, 0) is 6.54 Å². The molecule has 1 aliphatic carbocycles. The molecule has 2 heterocycles. The topological polar surface area (TPSA) is 52.6 Å². The summed E-state index contributed by atoms with van der Waals surface area (Å²) in [5.74, 6) is 0.896. The largest absolute Gasteiger partial charge is 0.354 e. The summed E-state index contributed by atoms with van der Waals surface area (Å²) in [4.78, 5) is 12.6. The second kappa shape index (κ2) is 8.44. The molecule has 7 heteroatoms. The molecule has 0 bridgehead atoms. The molecule has 1 saturated heterocycles. The Labute approximate surface area is 154 Å².